The number of aliphatic hydroxyl groups is 1. The van der Waals surface area contributed by atoms with Crippen LogP contribution in [0.15, 0.2) is 0 Å². The van der Waals surface area contributed by atoms with Gasteiger partial charge in [-0.25, -0.2) is 0 Å². The zero-order valence-electron chi connectivity index (χ0n) is 20.6. The molecule has 0 aromatic carbocycles. The minimum atomic E-state index is -5.82. The Bertz CT molecular complexity index is 982. The highest BCUT2D eigenvalue weighted by Gasteiger charge is 2.59. The molecule has 4 atom stereocenters. The molecule has 3 rings (SSSR count). The van der Waals surface area contributed by atoms with Crippen molar-refractivity contribution in [1.82, 2.24) is 15.5 Å². The largest absolute Gasteiger partial charge is 0.522 e. The van der Waals surface area contributed by atoms with Crippen LogP contribution in [0.3, 0.4) is 0 Å². The van der Waals surface area contributed by atoms with Crippen LogP contribution in [0.1, 0.15) is 38.5 Å². The number of amides is 3. The minimum Gasteiger partial charge on any atom is -0.383 e. The van der Waals surface area contributed by atoms with Gasteiger partial charge in [0.25, 0.3) is 5.91 Å². The number of halogens is 9. The van der Waals surface area contributed by atoms with Crippen molar-refractivity contribution in [2.24, 2.45) is 17.3 Å². The summed E-state index contributed by atoms with van der Waals surface area (Å²) in [5.41, 5.74) is -0.685. The van der Waals surface area contributed by atoms with Gasteiger partial charge in [0.2, 0.25) is 11.8 Å². The molecule has 3 fully saturated rings. The van der Waals surface area contributed by atoms with Crippen molar-refractivity contribution in [2.45, 2.75) is 75.4 Å². The molecule has 2 saturated heterocycles. The van der Waals surface area contributed by atoms with Gasteiger partial charge in [-0.05, 0) is 37.5 Å². The average Bonchev–Trinajstić information content (AvgIpc) is 3.27. The first-order valence-electron chi connectivity index (χ1n) is 12.2. The predicted octanol–water partition coefficient (Wildman–Crippen LogP) is 1.98. The lowest BCUT2D eigenvalue weighted by atomic mass is 9.95. The summed E-state index contributed by atoms with van der Waals surface area (Å²) in [5.74, 6) is -9.36. The van der Waals surface area contributed by atoms with Gasteiger partial charge in [0, 0.05) is 25.4 Å². The first-order chi connectivity index (χ1) is 18.2. The van der Waals surface area contributed by atoms with Crippen LogP contribution in [0.2, 0.25) is 0 Å². The Labute approximate surface area is 220 Å². The van der Waals surface area contributed by atoms with E-state index in [9.17, 15) is 63.8 Å². The number of nitrogens with zero attached hydrogens (tertiary/aromatic N) is 1. The fraction of sp³-hybridized carbons (Fsp3) is 0.818. The molecule has 0 radical (unpaired) electrons. The molecule has 1 spiro atoms. The fourth-order valence-corrected chi connectivity index (χ4v) is 4.98. The highest BCUT2D eigenvalue weighted by Crippen LogP contribution is 2.55. The number of alkyl halides is 9. The molecule has 0 aromatic rings. The molecule has 40 heavy (non-hydrogen) atoms. The molecule has 18 heteroatoms. The molecule has 0 aromatic heterocycles. The zero-order valence-corrected chi connectivity index (χ0v) is 20.6. The summed E-state index contributed by atoms with van der Waals surface area (Å²) in [7, 11) is 0. The van der Waals surface area contributed by atoms with Gasteiger partial charge in [0.1, 0.15) is 18.8 Å². The number of carbonyl (C=O) groups excluding carboxylic acids is 4. The van der Waals surface area contributed by atoms with Crippen molar-refractivity contribution >= 4 is 23.5 Å². The van der Waals surface area contributed by atoms with Crippen LogP contribution in [0.25, 0.3) is 0 Å². The van der Waals surface area contributed by atoms with Crippen LogP contribution in [0.5, 0.6) is 0 Å². The molecule has 3 aliphatic rings. The van der Waals surface area contributed by atoms with E-state index in [0.29, 0.717) is 17.7 Å². The number of ether oxygens (including phenoxy) is 1. The molecule has 2 aliphatic heterocycles. The maximum Gasteiger partial charge on any atom is 0.522 e. The van der Waals surface area contributed by atoms with Gasteiger partial charge in [-0.3, -0.25) is 23.9 Å². The third-order valence-electron chi connectivity index (χ3n) is 7.35. The fourth-order valence-electron chi connectivity index (χ4n) is 4.98. The van der Waals surface area contributed by atoms with Crippen molar-refractivity contribution in [2.75, 3.05) is 19.7 Å². The quantitative estimate of drug-likeness (QED) is 0.330. The Morgan fingerprint density at radius 2 is 1.68 bits per heavy atom. The van der Waals surface area contributed by atoms with Gasteiger partial charge in [0.05, 0.1) is 6.04 Å². The van der Waals surface area contributed by atoms with Crippen molar-refractivity contribution in [3.05, 3.63) is 0 Å². The highest BCUT2D eigenvalue weighted by molar-refractivity contribution is 5.95. The Balaban J connectivity index is 1.77. The van der Waals surface area contributed by atoms with Crippen LogP contribution in [0, 0.1) is 17.3 Å². The molecule has 1 saturated carbocycles. The summed E-state index contributed by atoms with van der Waals surface area (Å²) in [5, 5.41) is 14.7. The van der Waals surface area contributed by atoms with Crippen LogP contribution < -0.4 is 10.6 Å². The second-order valence-electron chi connectivity index (χ2n) is 10.3. The lowest BCUT2D eigenvalue weighted by Gasteiger charge is -2.30. The van der Waals surface area contributed by atoms with E-state index in [1.807, 2.05) is 0 Å². The average molecular weight is 599 g/mol. The number of Topliss-reactive ketones (excluding diaryl/α,β-unsaturated/α-hetero) is 1. The van der Waals surface area contributed by atoms with Gasteiger partial charge >= 0.3 is 18.7 Å². The van der Waals surface area contributed by atoms with Gasteiger partial charge < -0.3 is 20.6 Å². The van der Waals surface area contributed by atoms with E-state index in [2.05, 4.69) is 15.4 Å². The maximum atomic E-state index is 13.1. The molecule has 228 valence electrons. The van der Waals surface area contributed by atoms with Gasteiger partial charge in [-0.2, -0.15) is 26.3 Å². The molecular weight excluding hydrogens is 573 g/mol. The van der Waals surface area contributed by atoms with Gasteiger partial charge in [-0.1, -0.05) is 0 Å². The standard InChI is InChI=1S/C22H26F9N3O6/c23-20(24,25)15(21(26,27)28)6-13(35)18(39)34-9-19(2-3-19)7-12(34)17(38)33-11(5-10-1-4-32-16(10)37)14(36)8-40-22(29,30)31/h10-13,15,35H,1-9H2,(H,32,37)(H,33,38)/t10-,11-,12-,13+/m0/s1. The number of likely N-dealkylation sites (tertiary alicyclic amines) is 1. The molecule has 0 unspecified atom stereocenters. The molecular formula is C22H26F9N3O6. The van der Waals surface area contributed by atoms with E-state index >= 15 is 0 Å². The van der Waals surface area contributed by atoms with Crippen molar-refractivity contribution in [3.8, 4) is 0 Å². The van der Waals surface area contributed by atoms with Crippen LogP contribution in [-0.4, -0.2) is 90.1 Å². The van der Waals surface area contributed by atoms with Crippen LogP contribution >= 0.6 is 0 Å². The van der Waals surface area contributed by atoms with E-state index in [1.165, 1.54) is 0 Å². The number of nitrogens with one attached hydrogen (secondary N) is 2. The number of aliphatic hydroxyl groups excluding tert-OH is 1. The number of hydrogen-bond acceptors (Lipinski definition) is 6. The molecule has 1 aliphatic carbocycles. The predicted molar refractivity (Wildman–Crippen MR) is 113 cm³/mol. The van der Waals surface area contributed by atoms with Gasteiger partial charge in [-0.15, -0.1) is 13.2 Å². The van der Waals surface area contributed by atoms with Crippen molar-refractivity contribution < 1.29 is 68.5 Å². The summed E-state index contributed by atoms with van der Waals surface area (Å²) in [6.07, 6.45) is -21.1. The van der Waals surface area contributed by atoms with Crippen LogP contribution in [0.4, 0.5) is 39.5 Å². The highest BCUT2D eigenvalue weighted by atomic mass is 19.4. The Hall–Kier alpha value is -2.63. The normalized spacial score (nSPS) is 24.3. The topological polar surface area (TPSA) is 125 Å². The lowest BCUT2D eigenvalue weighted by Crippen LogP contribution is -2.54. The number of hydrogen-bond donors (Lipinski definition) is 3. The second kappa shape index (κ2) is 11.3. The molecule has 0 bridgehead atoms. The van der Waals surface area contributed by atoms with E-state index in [1.54, 1.807) is 0 Å². The molecule has 3 amide bonds. The monoisotopic (exact) mass is 599 g/mol. The van der Waals surface area contributed by atoms with Crippen molar-refractivity contribution in [1.29, 1.82) is 0 Å². The Morgan fingerprint density at radius 3 is 2.15 bits per heavy atom. The SMILES string of the molecule is O=C1NCC[C@H]1C[C@H](NC(=O)[C@@H]1CC2(CC2)CN1C(=O)[C@H](O)CC(C(F)(F)F)C(F)(F)F)C(=O)COC(F)(F)F. The summed E-state index contributed by atoms with van der Waals surface area (Å²) in [6, 6.07) is -3.24. The number of ketones is 1. The third kappa shape index (κ3) is 7.98. The second-order valence-corrected chi connectivity index (χ2v) is 10.3. The van der Waals surface area contributed by atoms with E-state index in [4.69, 9.17) is 0 Å². The summed E-state index contributed by atoms with van der Waals surface area (Å²) < 4.78 is 119. The zero-order chi connectivity index (χ0) is 30.3. The summed E-state index contributed by atoms with van der Waals surface area (Å²) in [4.78, 5) is 51.0. The Morgan fingerprint density at radius 1 is 1.07 bits per heavy atom. The Kier molecular flexibility index (Phi) is 9.03. The lowest BCUT2D eigenvalue weighted by molar-refractivity contribution is -0.321. The number of carbonyl (C=O) groups is 4. The van der Waals surface area contributed by atoms with E-state index in [0.717, 1.165) is 0 Å². The smallest absolute Gasteiger partial charge is 0.383 e. The first kappa shape index (κ1) is 31.9. The van der Waals surface area contributed by atoms with E-state index < -0.39 is 97.1 Å². The van der Waals surface area contributed by atoms with Crippen molar-refractivity contribution in [3.63, 3.8) is 0 Å². The minimum absolute atomic E-state index is 0.108. The molecule has 3 N–H and O–H groups in total. The molecule has 9 nitrogen and oxygen atoms in total. The summed E-state index contributed by atoms with van der Waals surface area (Å²) >= 11 is 0. The van der Waals surface area contributed by atoms with Gasteiger partial charge in [0.15, 0.2) is 11.7 Å². The number of rotatable bonds is 10. The third-order valence-corrected chi connectivity index (χ3v) is 7.35. The summed E-state index contributed by atoms with van der Waals surface area (Å²) in [6.45, 7) is -1.58. The van der Waals surface area contributed by atoms with Crippen LogP contribution in [-0.2, 0) is 23.9 Å². The van der Waals surface area contributed by atoms with E-state index in [-0.39, 0.29) is 25.9 Å². The first-order valence-corrected chi connectivity index (χ1v) is 12.2. The maximum absolute atomic E-state index is 13.1. The molecule has 2 heterocycles.